The molecular weight excluding hydrogens is 268 g/mol. The molecule has 0 saturated heterocycles. The lowest BCUT2D eigenvalue weighted by atomic mass is 10.1. The van der Waals surface area contributed by atoms with E-state index in [4.69, 9.17) is 22.7 Å². The van der Waals surface area contributed by atoms with Crippen LogP contribution in [-0.2, 0) is 0 Å². The Morgan fingerprint density at radius 3 is 2.35 bits per heavy atom. The van der Waals surface area contributed by atoms with Gasteiger partial charge in [-0.25, -0.2) is 0 Å². The lowest BCUT2D eigenvalue weighted by molar-refractivity contribution is 0.242. The van der Waals surface area contributed by atoms with Gasteiger partial charge in [-0.1, -0.05) is 24.4 Å². The predicted octanol–water partition coefficient (Wildman–Crippen LogP) is 3.85. The number of hydrogen-bond acceptors (Lipinski definition) is 3. The predicted molar refractivity (Wildman–Crippen MR) is 87.8 cm³/mol. The normalized spacial score (nSPS) is 10.3. The van der Waals surface area contributed by atoms with Gasteiger partial charge in [0.05, 0.1) is 6.10 Å². The summed E-state index contributed by atoms with van der Waals surface area (Å²) in [6.07, 6.45) is 0.171. The Morgan fingerprint density at radius 1 is 1.10 bits per heavy atom. The summed E-state index contributed by atoms with van der Waals surface area (Å²) in [5.41, 5.74) is 8.42. The maximum Gasteiger partial charge on any atom is 0.119 e. The van der Waals surface area contributed by atoms with Gasteiger partial charge in [0.1, 0.15) is 10.7 Å². The highest BCUT2D eigenvalue weighted by molar-refractivity contribution is 7.80. The molecule has 0 saturated carbocycles. The van der Waals surface area contributed by atoms with Gasteiger partial charge in [0.15, 0.2) is 0 Å². The van der Waals surface area contributed by atoms with Crippen LogP contribution in [-0.4, -0.2) is 11.1 Å². The van der Waals surface area contributed by atoms with Crippen molar-refractivity contribution >= 4 is 28.6 Å². The Morgan fingerprint density at radius 2 is 1.75 bits per heavy atom. The standard InChI is InChI=1S/C16H18N2OS/c1-11(2)19-13-9-7-12(8-10-13)18-15-6-4-3-5-14(15)16(17)20/h3-11,18H,1-2H3,(H2,17,20). The van der Waals surface area contributed by atoms with E-state index in [1.807, 2.05) is 62.4 Å². The number of thiocarbonyl (C=S) groups is 1. The summed E-state index contributed by atoms with van der Waals surface area (Å²) < 4.78 is 5.61. The topological polar surface area (TPSA) is 47.3 Å². The summed E-state index contributed by atoms with van der Waals surface area (Å²) in [6, 6.07) is 15.5. The second-order valence-electron chi connectivity index (χ2n) is 4.73. The van der Waals surface area contributed by atoms with Crippen LogP contribution in [0.25, 0.3) is 0 Å². The van der Waals surface area contributed by atoms with E-state index < -0.39 is 0 Å². The molecule has 0 amide bonds. The van der Waals surface area contributed by atoms with Crippen LogP contribution in [0.15, 0.2) is 48.5 Å². The molecule has 0 atom stereocenters. The molecule has 2 aromatic carbocycles. The zero-order valence-corrected chi connectivity index (χ0v) is 12.4. The molecule has 0 spiro atoms. The highest BCUT2D eigenvalue weighted by Gasteiger charge is 2.04. The maximum atomic E-state index is 5.72. The van der Waals surface area contributed by atoms with Crippen LogP contribution in [0.2, 0.25) is 0 Å². The number of anilines is 2. The molecule has 0 heterocycles. The third-order valence-corrected chi connectivity index (χ3v) is 2.92. The third kappa shape index (κ3) is 3.71. The fraction of sp³-hybridized carbons (Fsp3) is 0.188. The van der Waals surface area contributed by atoms with Crippen molar-refractivity contribution in [3.63, 3.8) is 0 Å². The highest BCUT2D eigenvalue weighted by atomic mass is 32.1. The molecule has 0 unspecified atom stereocenters. The number of benzene rings is 2. The van der Waals surface area contributed by atoms with Crippen LogP contribution in [0.4, 0.5) is 11.4 Å². The van der Waals surface area contributed by atoms with Gasteiger partial charge in [0, 0.05) is 16.9 Å². The van der Waals surface area contributed by atoms with Crippen LogP contribution >= 0.6 is 12.2 Å². The highest BCUT2D eigenvalue weighted by Crippen LogP contribution is 2.23. The van der Waals surface area contributed by atoms with Gasteiger partial charge in [-0.3, -0.25) is 0 Å². The zero-order valence-electron chi connectivity index (χ0n) is 11.6. The van der Waals surface area contributed by atoms with Crippen LogP contribution in [0.5, 0.6) is 5.75 Å². The molecule has 0 radical (unpaired) electrons. The smallest absolute Gasteiger partial charge is 0.119 e. The van der Waals surface area contributed by atoms with E-state index >= 15 is 0 Å². The summed E-state index contributed by atoms with van der Waals surface area (Å²) >= 11 is 5.05. The minimum atomic E-state index is 0.171. The molecule has 4 heteroatoms. The number of para-hydroxylation sites is 1. The van der Waals surface area contributed by atoms with E-state index in [1.165, 1.54) is 0 Å². The number of ether oxygens (including phenoxy) is 1. The molecule has 3 N–H and O–H groups in total. The van der Waals surface area contributed by atoms with Gasteiger partial charge in [-0.15, -0.1) is 0 Å². The number of nitrogens with one attached hydrogen (secondary N) is 1. The Labute approximate surface area is 124 Å². The first kappa shape index (κ1) is 14.3. The second-order valence-corrected chi connectivity index (χ2v) is 5.17. The van der Waals surface area contributed by atoms with Gasteiger partial charge < -0.3 is 15.8 Å². The Bertz CT molecular complexity index is 594. The van der Waals surface area contributed by atoms with E-state index in [9.17, 15) is 0 Å². The van der Waals surface area contributed by atoms with Crippen molar-refractivity contribution in [1.29, 1.82) is 0 Å². The molecule has 104 valence electrons. The monoisotopic (exact) mass is 286 g/mol. The van der Waals surface area contributed by atoms with Gasteiger partial charge >= 0.3 is 0 Å². The Hall–Kier alpha value is -2.07. The van der Waals surface area contributed by atoms with Crippen molar-refractivity contribution in [2.45, 2.75) is 20.0 Å². The van der Waals surface area contributed by atoms with Crippen LogP contribution in [0, 0.1) is 0 Å². The number of hydrogen-bond donors (Lipinski definition) is 2. The molecule has 0 aliphatic rings. The maximum absolute atomic E-state index is 5.72. The van der Waals surface area contributed by atoms with E-state index in [2.05, 4.69) is 5.32 Å². The largest absolute Gasteiger partial charge is 0.491 e. The number of nitrogens with two attached hydrogens (primary N) is 1. The summed E-state index contributed by atoms with van der Waals surface area (Å²) in [5, 5.41) is 3.31. The molecule has 0 fully saturated rings. The SMILES string of the molecule is CC(C)Oc1ccc(Nc2ccccc2C(N)=S)cc1. The van der Waals surface area contributed by atoms with Gasteiger partial charge in [0.2, 0.25) is 0 Å². The van der Waals surface area contributed by atoms with Gasteiger partial charge in [-0.05, 0) is 50.2 Å². The fourth-order valence-electron chi connectivity index (χ4n) is 1.85. The molecule has 0 bridgehead atoms. The van der Waals surface area contributed by atoms with Crippen molar-refractivity contribution < 1.29 is 4.74 Å². The number of rotatable bonds is 5. The first-order valence-corrected chi connectivity index (χ1v) is 6.89. The van der Waals surface area contributed by atoms with Crippen LogP contribution < -0.4 is 15.8 Å². The van der Waals surface area contributed by atoms with Crippen molar-refractivity contribution in [2.24, 2.45) is 5.73 Å². The third-order valence-electron chi connectivity index (χ3n) is 2.70. The molecular formula is C16H18N2OS. The lowest BCUT2D eigenvalue weighted by Crippen LogP contribution is -2.11. The molecule has 2 rings (SSSR count). The molecule has 0 aliphatic carbocycles. The minimum absolute atomic E-state index is 0.171. The average molecular weight is 286 g/mol. The molecule has 0 aliphatic heterocycles. The van der Waals surface area contributed by atoms with E-state index in [1.54, 1.807) is 0 Å². The van der Waals surface area contributed by atoms with Crippen molar-refractivity contribution in [3.05, 3.63) is 54.1 Å². The van der Waals surface area contributed by atoms with Crippen molar-refractivity contribution in [1.82, 2.24) is 0 Å². The summed E-state index contributed by atoms with van der Waals surface area (Å²) in [6.45, 7) is 4.01. The van der Waals surface area contributed by atoms with E-state index in [0.717, 1.165) is 22.7 Å². The van der Waals surface area contributed by atoms with Gasteiger partial charge in [0.25, 0.3) is 0 Å². The molecule has 3 nitrogen and oxygen atoms in total. The van der Waals surface area contributed by atoms with Crippen molar-refractivity contribution in [3.8, 4) is 5.75 Å². The molecule has 20 heavy (non-hydrogen) atoms. The summed E-state index contributed by atoms with van der Waals surface area (Å²) in [7, 11) is 0. The Balaban J connectivity index is 2.16. The fourth-order valence-corrected chi connectivity index (χ4v) is 2.03. The minimum Gasteiger partial charge on any atom is -0.491 e. The van der Waals surface area contributed by atoms with Gasteiger partial charge in [-0.2, -0.15) is 0 Å². The molecule has 0 aromatic heterocycles. The molecule has 2 aromatic rings. The first-order valence-electron chi connectivity index (χ1n) is 6.49. The quantitative estimate of drug-likeness (QED) is 0.820. The van der Waals surface area contributed by atoms with Crippen LogP contribution in [0.1, 0.15) is 19.4 Å². The zero-order chi connectivity index (χ0) is 14.5. The Kier molecular flexibility index (Phi) is 4.58. The summed E-state index contributed by atoms with van der Waals surface area (Å²) in [4.78, 5) is 0.382. The average Bonchev–Trinajstić information content (AvgIpc) is 2.41. The van der Waals surface area contributed by atoms with E-state index in [-0.39, 0.29) is 6.10 Å². The van der Waals surface area contributed by atoms with Crippen molar-refractivity contribution in [2.75, 3.05) is 5.32 Å². The lowest BCUT2D eigenvalue weighted by Gasteiger charge is -2.13. The second kappa shape index (κ2) is 6.39. The first-order chi connectivity index (χ1) is 9.56. The van der Waals surface area contributed by atoms with Crippen LogP contribution in [0.3, 0.4) is 0 Å². The summed E-state index contributed by atoms with van der Waals surface area (Å²) in [5.74, 6) is 0.855. The van der Waals surface area contributed by atoms with E-state index in [0.29, 0.717) is 4.99 Å².